The van der Waals surface area contributed by atoms with Crippen molar-refractivity contribution >= 4 is 59.1 Å². The number of hydrogen-bond donors (Lipinski definition) is 3. The van der Waals surface area contributed by atoms with Crippen LogP contribution in [-0.4, -0.2) is 167 Å². The van der Waals surface area contributed by atoms with E-state index < -0.39 is 66.4 Å². The summed E-state index contributed by atoms with van der Waals surface area (Å²) in [6, 6.07) is 12.7. The van der Waals surface area contributed by atoms with E-state index in [1.807, 2.05) is 64.3 Å². The average Bonchev–Trinajstić information content (AvgIpc) is 4.04. The number of benzene rings is 2. The molecule has 4 rings (SSSR count). The lowest BCUT2D eigenvalue weighted by Gasteiger charge is -2.41. The van der Waals surface area contributed by atoms with Gasteiger partial charge in [0.15, 0.2) is 0 Å². The fourth-order valence-electron chi connectivity index (χ4n) is 10.8. The molecule has 18 nitrogen and oxygen atoms in total. The molecule has 2 heterocycles. The number of nitrogens with zero attached hydrogens (tertiary/aromatic N) is 4. The van der Waals surface area contributed by atoms with Crippen LogP contribution < -0.4 is 10.6 Å². The van der Waals surface area contributed by atoms with E-state index in [0.717, 1.165) is 12.0 Å². The van der Waals surface area contributed by atoms with Gasteiger partial charge in [0.25, 0.3) is 0 Å². The number of ketones is 1. The number of imide groups is 1. The predicted octanol–water partition coefficient (Wildman–Crippen LogP) is 6.99. The molecular weight excluding hydrogens is 1020 g/mol. The number of amides is 7. The summed E-state index contributed by atoms with van der Waals surface area (Å²) in [5, 5.41) is 16.5. The van der Waals surface area contributed by atoms with E-state index in [9.17, 15) is 43.5 Å². The first kappa shape index (κ1) is 65.2. The molecule has 0 spiro atoms. The van der Waals surface area contributed by atoms with Gasteiger partial charge in [-0.2, -0.15) is 11.8 Å². The molecule has 2 aromatic rings. The minimum absolute atomic E-state index is 0. The Bertz CT molecular complexity index is 2310. The first-order valence-electron chi connectivity index (χ1n) is 27.8. The highest BCUT2D eigenvalue weighted by Gasteiger charge is 2.44. The maximum absolute atomic E-state index is 14.7. The van der Waals surface area contributed by atoms with E-state index >= 15 is 0 Å². The van der Waals surface area contributed by atoms with Gasteiger partial charge in [-0.25, -0.2) is 4.79 Å². The molecule has 11 atom stereocenters. The Kier molecular flexibility index (Phi) is 26.3. The molecule has 2 saturated heterocycles. The second-order valence-electron chi connectivity index (χ2n) is 22.0. The summed E-state index contributed by atoms with van der Waals surface area (Å²) >= 11 is 1.39. The molecule has 436 valence electrons. The highest BCUT2D eigenvalue weighted by molar-refractivity contribution is 8.00. The molecule has 0 aromatic heterocycles. The Morgan fingerprint density at radius 2 is 1.49 bits per heavy atom. The number of Topliss-reactive ketones (excluding diaryl/α,β-unsaturated/α-hetero) is 1. The third-order valence-electron chi connectivity index (χ3n) is 15.7. The van der Waals surface area contributed by atoms with Gasteiger partial charge in [0.05, 0.1) is 54.0 Å². The second-order valence-corrected chi connectivity index (χ2v) is 23.0. The Balaban J connectivity index is 0.0000164. The molecule has 0 radical (unpaired) electrons. The predicted molar refractivity (Wildman–Crippen MR) is 303 cm³/mol. The lowest BCUT2D eigenvalue weighted by atomic mass is 9.89. The monoisotopic (exact) mass is 1110 g/mol. The van der Waals surface area contributed by atoms with E-state index in [4.69, 9.17) is 14.2 Å². The van der Waals surface area contributed by atoms with E-state index in [-0.39, 0.29) is 85.6 Å². The van der Waals surface area contributed by atoms with Gasteiger partial charge >= 0.3 is 6.09 Å². The lowest BCUT2D eigenvalue weighted by Crippen LogP contribution is -2.60. The van der Waals surface area contributed by atoms with E-state index in [1.54, 1.807) is 68.8 Å². The van der Waals surface area contributed by atoms with Gasteiger partial charge in [0.1, 0.15) is 24.5 Å². The molecular formula is C59H92N6O12S. The number of aliphatic hydroxyl groups is 1. The highest BCUT2D eigenvalue weighted by atomic mass is 32.2. The first-order chi connectivity index (χ1) is 37.0. The minimum Gasteiger partial charge on any atom is -0.445 e. The van der Waals surface area contributed by atoms with Gasteiger partial charge in [-0.05, 0) is 73.3 Å². The Morgan fingerprint density at radius 3 is 2.06 bits per heavy atom. The normalized spacial score (nSPS) is 19.1. The van der Waals surface area contributed by atoms with Gasteiger partial charge in [0, 0.05) is 62.1 Å². The highest BCUT2D eigenvalue weighted by Crippen LogP contribution is 2.31. The molecule has 3 N–H and O–H groups in total. The van der Waals surface area contributed by atoms with Crippen molar-refractivity contribution in [2.24, 2.45) is 23.7 Å². The number of unbranched alkanes of at least 4 members (excludes halogenated alkanes) is 2. The van der Waals surface area contributed by atoms with Crippen molar-refractivity contribution in [2.75, 3.05) is 47.7 Å². The van der Waals surface area contributed by atoms with Crippen LogP contribution in [0.25, 0.3) is 0 Å². The number of methoxy groups -OCH3 is 2. The molecule has 0 bridgehead atoms. The number of rotatable bonds is 31. The summed E-state index contributed by atoms with van der Waals surface area (Å²) in [6.07, 6.45) is 3.64. The minimum atomic E-state index is -1.00. The van der Waals surface area contributed by atoms with Crippen LogP contribution in [0.2, 0.25) is 0 Å². The van der Waals surface area contributed by atoms with Gasteiger partial charge in [-0.15, -0.1) is 0 Å². The van der Waals surface area contributed by atoms with Crippen LogP contribution in [0.1, 0.15) is 137 Å². The topological polar surface area (TPSA) is 221 Å². The Labute approximate surface area is 469 Å². The molecule has 19 heteroatoms. The molecule has 7 amide bonds. The van der Waals surface area contributed by atoms with Crippen molar-refractivity contribution in [3.63, 3.8) is 0 Å². The number of carbonyl (C=O) groups is 8. The number of likely N-dealkylation sites (tertiary alicyclic amines) is 2. The summed E-state index contributed by atoms with van der Waals surface area (Å²) in [5.74, 6) is -3.14. The molecule has 2 aromatic carbocycles. The van der Waals surface area contributed by atoms with Crippen molar-refractivity contribution < 1.29 is 59.1 Å². The second kappa shape index (κ2) is 31.4. The zero-order valence-electron chi connectivity index (χ0n) is 48.5. The Morgan fingerprint density at radius 1 is 0.833 bits per heavy atom. The van der Waals surface area contributed by atoms with Crippen LogP contribution in [0, 0.1) is 23.7 Å². The summed E-state index contributed by atoms with van der Waals surface area (Å²) in [4.78, 5) is 114. The molecule has 0 aliphatic carbocycles. The summed E-state index contributed by atoms with van der Waals surface area (Å²) < 4.78 is 17.7. The van der Waals surface area contributed by atoms with Gasteiger partial charge < -0.3 is 39.8 Å². The molecule has 0 saturated carbocycles. The van der Waals surface area contributed by atoms with Crippen LogP contribution in [0.5, 0.6) is 0 Å². The first-order valence-corrected chi connectivity index (χ1v) is 29.1. The largest absolute Gasteiger partial charge is 0.445 e. The van der Waals surface area contributed by atoms with Crippen LogP contribution in [0.3, 0.4) is 0 Å². The standard InChI is InChI=1S/C59H90N6O12S.H2/c1-14-38(6)52(46(75-11)33-48(67)64-31-21-25-45(64)54(76-12)39(7)55(70)60-40(8)53(69)43-22-17-15-18-23-43)62(9)58(73)50(36(2)3)61-56(71)51(37(4)5)63(10)59(74)77-35-42-28-26-41(27-29-42)32-44(66)24-19-16-20-30-65-49(68)34-47(78-13)57(65)72;/h15,17-18,22-23,26-29,36-40,45-47,50-54,69H,14,16,19-21,24-25,30-35H2,1-13H3,(H,60,70)(H,61,71);1H/t38-,39+,40+,45-,46+,47?,50-,51-,52-,53+,54+;/m0./s1. The van der Waals surface area contributed by atoms with Crippen LogP contribution >= 0.6 is 11.8 Å². The number of aliphatic hydroxyl groups excluding tert-OH is 1. The van der Waals surface area contributed by atoms with Crippen molar-refractivity contribution in [3.05, 3.63) is 71.3 Å². The van der Waals surface area contributed by atoms with Gasteiger partial charge in [-0.3, -0.25) is 43.4 Å². The maximum Gasteiger partial charge on any atom is 0.410 e. The molecule has 2 aliphatic rings. The third kappa shape index (κ3) is 17.6. The molecule has 78 heavy (non-hydrogen) atoms. The summed E-state index contributed by atoms with van der Waals surface area (Å²) in [7, 11) is 6.20. The Hall–Kier alpha value is -5.37. The van der Waals surface area contributed by atoms with Crippen molar-refractivity contribution in [3.8, 4) is 0 Å². The number of ether oxygens (including phenoxy) is 3. The van der Waals surface area contributed by atoms with Crippen molar-refractivity contribution in [2.45, 2.75) is 180 Å². The summed E-state index contributed by atoms with van der Waals surface area (Å²) in [6.45, 7) is 15.5. The lowest BCUT2D eigenvalue weighted by molar-refractivity contribution is -0.148. The van der Waals surface area contributed by atoms with Gasteiger partial charge in [-0.1, -0.05) is 116 Å². The fourth-order valence-corrected chi connectivity index (χ4v) is 11.5. The quantitative estimate of drug-likeness (QED) is 0.0513. The molecule has 2 aliphatic heterocycles. The number of carbonyl (C=O) groups excluding carboxylic acids is 8. The number of likely N-dealkylation sites (N-methyl/N-ethyl adjacent to an activating group) is 2. The maximum atomic E-state index is 14.7. The zero-order chi connectivity index (χ0) is 58.0. The van der Waals surface area contributed by atoms with E-state index in [0.29, 0.717) is 62.7 Å². The van der Waals surface area contributed by atoms with Crippen LogP contribution in [-0.2, 0) is 60.8 Å². The number of nitrogens with one attached hydrogen (secondary N) is 2. The van der Waals surface area contributed by atoms with Gasteiger partial charge in [0.2, 0.25) is 35.4 Å². The van der Waals surface area contributed by atoms with E-state index in [2.05, 4.69) is 10.6 Å². The van der Waals surface area contributed by atoms with Crippen LogP contribution in [0.15, 0.2) is 54.6 Å². The number of hydrogen-bond acceptors (Lipinski definition) is 13. The van der Waals surface area contributed by atoms with Crippen molar-refractivity contribution in [1.82, 2.24) is 30.2 Å². The average molecular weight is 1110 g/mol. The molecule has 1 unspecified atom stereocenters. The molecule has 2 fully saturated rings. The smallest absolute Gasteiger partial charge is 0.410 e. The van der Waals surface area contributed by atoms with E-state index in [1.165, 1.54) is 42.8 Å². The fraction of sp³-hybridized carbons (Fsp3) is 0.661. The SMILES string of the molecule is CC[C@H](C)[C@@H]([C@@H](CC(=O)N1CCC[C@H]1[C@H](OC)[C@@H](C)C(=O)N[C@H](C)[C@@H](O)c1ccccc1)OC)N(C)C(=O)[C@@H](NC(=O)[C@H](C(C)C)N(C)C(=O)OCc1ccc(CC(=O)CCCCCN2C(=O)CC(SC)C2=O)cc1)C(C)C.[HH]. The number of thioether (sulfide) groups is 1. The zero-order valence-corrected chi connectivity index (χ0v) is 49.3. The third-order valence-corrected chi connectivity index (χ3v) is 16.6. The summed E-state index contributed by atoms with van der Waals surface area (Å²) in [5.41, 5.74) is 2.19. The van der Waals surface area contributed by atoms with Crippen LogP contribution in [0.4, 0.5) is 4.79 Å². The van der Waals surface area contributed by atoms with Crippen molar-refractivity contribution in [1.29, 1.82) is 0 Å².